The van der Waals surface area contributed by atoms with E-state index in [2.05, 4.69) is 0 Å². The molecule has 1 saturated heterocycles. The van der Waals surface area contributed by atoms with Crippen LogP contribution in [0.4, 0.5) is 8.78 Å². The maximum absolute atomic E-state index is 14.5. The number of hydrogen-bond donors (Lipinski definition) is 2. The van der Waals surface area contributed by atoms with E-state index in [9.17, 15) is 19.0 Å². The van der Waals surface area contributed by atoms with Gasteiger partial charge in [-0.15, -0.1) is 0 Å². The number of benzene rings is 3. The van der Waals surface area contributed by atoms with Gasteiger partial charge in [0.1, 0.15) is 36.1 Å². The second-order valence-electron chi connectivity index (χ2n) is 6.14. The summed E-state index contributed by atoms with van der Waals surface area (Å²) in [5.41, 5.74) is 1.17. The van der Waals surface area contributed by atoms with E-state index in [-0.39, 0.29) is 16.9 Å². The summed E-state index contributed by atoms with van der Waals surface area (Å²) in [7, 11) is 0. The summed E-state index contributed by atoms with van der Waals surface area (Å²) in [6.45, 7) is 0. The van der Waals surface area contributed by atoms with Crippen LogP contribution in [0, 0.1) is 11.6 Å². The predicted octanol–water partition coefficient (Wildman–Crippen LogP) is 3.12. The molecule has 1 heterocycles. The minimum Gasteiger partial charge on any atom is -0.387 e. The van der Waals surface area contributed by atoms with Crippen molar-refractivity contribution in [2.75, 3.05) is 0 Å². The van der Waals surface area contributed by atoms with Gasteiger partial charge in [0.2, 0.25) is 0 Å². The molecule has 4 atom stereocenters. The van der Waals surface area contributed by atoms with E-state index in [0.717, 1.165) is 17.5 Å². The number of halogens is 2. The molecule has 0 aromatic heterocycles. The van der Waals surface area contributed by atoms with Crippen molar-refractivity contribution in [1.82, 2.24) is 0 Å². The first-order chi connectivity index (χ1) is 11.1. The summed E-state index contributed by atoms with van der Waals surface area (Å²) in [6, 6.07) is 8.96. The summed E-state index contributed by atoms with van der Waals surface area (Å²) in [5.74, 6) is -1.01. The van der Waals surface area contributed by atoms with Gasteiger partial charge in [-0.25, -0.2) is 8.78 Å². The molecule has 3 aromatic carbocycles. The molecule has 1 aliphatic heterocycles. The molecule has 5 rings (SSSR count). The molecule has 3 nitrogen and oxygen atoms in total. The molecule has 1 fully saturated rings. The van der Waals surface area contributed by atoms with Crippen LogP contribution in [0.15, 0.2) is 36.4 Å². The van der Waals surface area contributed by atoms with E-state index >= 15 is 0 Å². The lowest BCUT2D eigenvalue weighted by Gasteiger charge is -2.25. The normalized spacial score (nSPS) is 28.7. The number of ether oxygens (including phenoxy) is 1. The molecular weight excluding hydrogens is 302 g/mol. The highest BCUT2D eigenvalue weighted by molar-refractivity contribution is 6.10. The van der Waals surface area contributed by atoms with E-state index in [1.165, 1.54) is 0 Å². The third-order valence-electron chi connectivity index (χ3n) is 4.92. The number of epoxide rings is 1. The molecule has 0 saturated carbocycles. The summed E-state index contributed by atoms with van der Waals surface area (Å²) in [5, 5.41) is 22.0. The third-order valence-corrected chi connectivity index (χ3v) is 4.92. The molecule has 0 radical (unpaired) electrons. The SMILES string of the molecule is O[C@@H]1[C@@H]2O[C@@H]2c2c(ccc3ccc4c(F)ccc(F)c4c23)[C@H]1O. The van der Waals surface area contributed by atoms with Gasteiger partial charge < -0.3 is 14.9 Å². The highest BCUT2D eigenvalue weighted by Crippen LogP contribution is 2.53. The maximum Gasteiger partial charge on any atom is 0.131 e. The van der Waals surface area contributed by atoms with Gasteiger partial charge in [0.15, 0.2) is 0 Å². The van der Waals surface area contributed by atoms with Crippen LogP contribution < -0.4 is 0 Å². The first-order valence-corrected chi connectivity index (χ1v) is 7.43. The van der Waals surface area contributed by atoms with Crippen LogP contribution >= 0.6 is 0 Å². The molecule has 2 N–H and O–H groups in total. The summed E-state index contributed by atoms with van der Waals surface area (Å²) >= 11 is 0. The molecule has 0 bridgehead atoms. The first-order valence-electron chi connectivity index (χ1n) is 7.43. The smallest absolute Gasteiger partial charge is 0.131 e. The highest BCUT2D eigenvalue weighted by atomic mass is 19.1. The Morgan fingerprint density at radius 2 is 1.61 bits per heavy atom. The van der Waals surface area contributed by atoms with Crippen molar-refractivity contribution in [2.24, 2.45) is 0 Å². The van der Waals surface area contributed by atoms with Crippen molar-refractivity contribution < 1.29 is 23.7 Å². The van der Waals surface area contributed by atoms with Gasteiger partial charge in [-0.1, -0.05) is 24.3 Å². The Morgan fingerprint density at radius 3 is 2.43 bits per heavy atom. The number of aliphatic hydroxyl groups is 2. The van der Waals surface area contributed by atoms with E-state index < -0.39 is 29.9 Å². The minimum absolute atomic E-state index is 0.192. The molecule has 0 unspecified atom stereocenters. The zero-order valence-corrected chi connectivity index (χ0v) is 11.8. The van der Waals surface area contributed by atoms with E-state index in [1.54, 1.807) is 24.3 Å². The van der Waals surface area contributed by atoms with Crippen molar-refractivity contribution in [2.45, 2.75) is 24.4 Å². The fourth-order valence-electron chi connectivity index (χ4n) is 3.77. The van der Waals surface area contributed by atoms with Gasteiger partial charge in [-0.2, -0.15) is 0 Å². The summed E-state index contributed by atoms with van der Waals surface area (Å²) < 4.78 is 34.0. The lowest BCUT2D eigenvalue weighted by molar-refractivity contribution is 0.000109. The Balaban J connectivity index is 1.99. The lowest BCUT2D eigenvalue weighted by Crippen LogP contribution is -2.29. The fourth-order valence-corrected chi connectivity index (χ4v) is 3.77. The van der Waals surface area contributed by atoms with Gasteiger partial charge in [0.05, 0.1) is 0 Å². The van der Waals surface area contributed by atoms with Crippen LogP contribution in [0.1, 0.15) is 23.3 Å². The van der Waals surface area contributed by atoms with E-state index in [1.807, 2.05) is 0 Å². The molecule has 116 valence electrons. The zero-order valence-electron chi connectivity index (χ0n) is 11.8. The zero-order chi connectivity index (χ0) is 15.9. The molecule has 0 spiro atoms. The van der Waals surface area contributed by atoms with Gasteiger partial charge >= 0.3 is 0 Å². The fraction of sp³-hybridized carbons (Fsp3) is 0.222. The van der Waals surface area contributed by atoms with Crippen molar-refractivity contribution >= 4 is 21.5 Å². The molecule has 3 aromatic rings. The van der Waals surface area contributed by atoms with Crippen molar-refractivity contribution in [3.8, 4) is 0 Å². The molecular formula is C18H12F2O3. The number of hydrogen-bond acceptors (Lipinski definition) is 3. The second kappa shape index (κ2) is 4.26. The van der Waals surface area contributed by atoms with Crippen LogP contribution in [0.3, 0.4) is 0 Å². The second-order valence-corrected chi connectivity index (χ2v) is 6.14. The van der Waals surface area contributed by atoms with E-state index in [0.29, 0.717) is 16.5 Å². The number of aliphatic hydroxyl groups excluding tert-OH is 2. The van der Waals surface area contributed by atoms with Gasteiger partial charge in [0, 0.05) is 10.8 Å². The Morgan fingerprint density at radius 1 is 0.870 bits per heavy atom. The number of fused-ring (bicyclic) bond motifs is 7. The van der Waals surface area contributed by atoms with E-state index in [4.69, 9.17) is 4.74 Å². The van der Waals surface area contributed by atoms with Gasteiger partial charge in [-0.05, 0) is 34.0 Å². The minimum atomic E-state index is -1.09. The van der Waals surface area contributed by atoms with Gasteiger partial charge in [-0.3, -0.25) is 0 Å². The van der Waals surface area contributed by atoms with Crippen molar-refractivity contribution in [1.29, 1.82) is 0 Å². The highest BCUT2D eigenvalue weighted by Gasteiger charge is 2.54. The van der Waals surface area contributed by atoms with Crippen molar-refractivity contribution in [3.63, 3.8) is 0 Å². The molecule has 23 heavy (non-hydrogen) atoms. The average molecular weight is 314 g/mol. The Labute approximate surface area is 129 Å². The van der Waals surface area contributed by atoms with Crippen LogP contribution in [-0.4, -0.2) is 22.4 Å². The molecule has 5 heteroatoms. The third kappa shape index (κ3) is 1.62. The summed E-state index contributed by atoms with van der Waals surface area (Å²) in [6.07, 6.45) is -2.97. The monoisotopic (exact) mass is 314 g/mol. The summed E-state index contributed by atoms with van der Waals surface area (Å²) in [4.78, 5) is 0. The largest absolute Gasteiger partial charge is 0.387 e. The van der Waals surface area contributed by atoms with Crippen molar-refractivity contribution in [3.05, 3.63) is 59.2 Å². The quantitative estimate of drug-likeness (QED) is 0.495. The molecule has 0 amide bonds. The molecule has 1 aliphatic carbocycles. The van der Waals surface area contributed by atoms with Crippen LogP contribution in [0.2, 0.25) is 0 Å². The van der Waals surface area contributed by atoms with Crippen LogP contribution in [-0.2, 0) is 4.74 Å². The van der Waals surface area contributed by atoms with Crippen LogP contribution in [0.5, 0.6) is 0 Å². The Bertz CT molecular complexity index is 985. The maximum atomic E-state index is 14.5. The molecule has 2 aliphatic rings. The topological polar surface area (TPSA) is 53.0 Å². The Hall–Kier alpha value is -2.08. The average Bonchev–Trinajstić information content (AvgIpc) is 3.35. The Kier molecular flexibility index (Phi) is 2.48. The van der Waals surface area contributed by atoms with Crippen LogP contribution in [0.25, 0.3) is 21.5 Å². The van der Waals surface area contributed by atoms with Gasteiger partial charge in [0.25, 0.3) is 0 Å². The standard InChI is InChI=1S/C18H12F2O3/c19-10-5-6-11(20)13-8(10)3-1-7-2-4-9-14(12(7)13)17-18(23-17)16(22)15(9)21/h1-6,15-18,21-22H/t15-,16+,17-,18+/m1/s1. The lowest BCUT2D eigenvalue weighted by atomic mass is 9.83. The number of rotatable bonds is 0. The predicted molar refractivity (Wildman–Crippen MR) is 80.0 cm³/mol. The first kappa shape index (κ1) is 13.4.